The molecule has 0 saturated heterocycles. The van der Waals surface area contributed by atoms with E-state index in [0.29, 0.717) is 5.88 Å². The number of allylic oxidation sites excluding steroid dienone is 1. The summed E-state index contributed by atoms with van der Waals surface area (Å²) in [7, 11) is 1.94. The van der Waals surface area contributed by atoms with Gasteiger partial charge >= 0.3 is 0 Å². The number of aromatic nitrogens is 2. The molecule has 0 N–H and O–H groups in total. The summed E-state index contributed by atoms with van der Waals surface area (Å²) in [6, 6.07) is 0. The lowest BCUT2D eigenvalue weighted by atomic mass is 10.2. The van der Waals surface area contributed by atoms with E-state index in [0.717, 1.165) is 5.69 Å². The minimum Gasteiger partial charge on any atom is -0.272 e. The average Bonchev–Trinajstić information content (AvgIpc) is 2.25. The fourth-order valence-electron chi connectivity index (χ4n) is 1.19. The van der Waals surface area contributed by atoms with E-state index in [2.05, 4.69) is 5.10 Å². The second-order valence-corrected chi connectivity index (χ2v) is 3.07. The van der Waals surface area contributed by atoms with Crippen LogP contribution >= 0.6 is 11.6 Å². The second kappa shape index (κ2) is 3.76. The monoisotopic (exact) mass is 184 g/mol. The van der Waals surface area contributed by atoms with Gasteiger partial charge in [0.2, 0.25) is 0 Å². The molecule has 0 aliphatic carbocycles. The Morgan fingerprint density at radius 1 is 1.50 bits per heavy atom. The van der Waals surface area contributed by atoms with Gasteiger partial charge < -0.3 is 0 Å². The minimum atomic E-state index is 0.549. The molecule has 0 aromatic carbocycles. The molecule has 1 aromatic rings. The van der Waals surface area contributed by atoms with Crippen molar-refractivity contribution in [1.29, 1.82) is 0 Å². The summed E-state index contributed by atoms with van der Waals surface area (Å²) in [5.74, 6) is 0.549. The number of aryl methyl sites for hydroxylation is 2. The zero-order chi connectivity index (χ0) is 9.14. The number of alkyl halides is 1. The first-order chi connectivity index (χ1) is 5.66. The highest BCUT2D eigenvalue weighted by Crippen LogP contribution is 2.13. The summed E-state index contributed by atoms with van der Waals surface area (Å²) in [5.41, 5.74) is 3.41. The third kappa shape index (κ3) is 1.69. The Hall–Kier alpha value is -0.760. The normalized spacial score (nSPS) is 11.3. The quantitative estimate of drug-likeness (QED) is 0.645. The minimum absolute atomic E-state index is 0.549. The molecule has 1 aromatic heterocycles. The molecule has 0 aliphatic heterocycles. The van der Waals surface area contributed by atoms with E-state index < -0.39 is 0 Å². The van der Waals surface area contributed by atoms with Crippen molar-refractivity contribution in [1.82, 2.24) is 9.78 Å². The SMILES string of the molecule is Cc1nn(C)c(C)c1C=CCCl. The van der Waals surface area contributed by atoms with E-state index in [1.54, 1.807) is 0 Å². The van der Waals surface area contributed by atoms with Crippen molar-refractivity contribution >= 4 is 17.7 Å². The van der Waals surface area contributed by atoms with Gasteiger partial charge in [0.15, 0.2) is 0 Å². The molecule has 1 heterocycles. The number of hydrogen-bond donors (Lipinski definition) is 0. The average molecular weight is 185 g/mol. The van der Waals surface area contributed by atoms with Crippen molar-refractivity contribution in [3.63, 3.8) is 0 Å². The Balaban J connectivity index is 3.05. The summed E-state index contributed by atoms with van der Waals surface area (Å²) < 4.78 is 1.88. The Morgan fingerprint density at radius 2 is 2.17 bits per heavy atom. The molecule has 0 spiro atoms. The van der Waals surface area contributed by atoms with Gasteiger partial charge in [-0.15, -0.1) is 11.6 Å². The Bertz CT molecular complexity index is 300. The van der Waals surface area contributed by atoms with E-state index in [-0.39, 0.29) is 0 Å². The highest BCUT2D eigenvalue weighted by atomic mass is 35.5. The van der Waals surface area contributed by atoms with Gasteiger partial charge in [0.25, 0.3) is 0 Å². The van der Waals surface area contributed by atoms with Gasteiger partial charge in [-0.1, -0.05) is 12.2 Å². The van der Waals surface area contributed by atoms with Crippen LogP contribution in [0.4, 0.5) is 0 Å². The van der Waals surface area contributed by atoms with Gasteiger partial charge in [-0.05, 0) is 13.8 Å². The smallest absolute Gasteiger partial charge is 0.0668 e. The number of hydrogen-bond acceptors (Lipinski definition) is 1. The lowest BCUT2D eigenvalue weighted by Crippen LogP contribution is -1.92. The topological polar surface area (TPSA) is 17.8 Å². The number of halogens is 1. The molecule has 0 aliphatic rings. The van der Waals surface area contributed by atoms with Crippen LogP contribution in [-0.2, 0) is 7.05 Å². The molecule has 0 radical (unpaired) electrons. The van der Waals surface area contributed by atoms with Gasteiger partial charge in [0, 0.05) is 24.2 Å². The summed E-state index contributed by atoms with van der Waals surface area (Å²) in [4.78, 5) is 0. The van der Waals surface area contributed by atoms with E-state index >= 15 is 0 Å². The van der Waals surface area contributed by atoms with Crippen LogP contribution in [0.25, 0.3) is 6.08 Å². The molecule has 12 heavy (non-hydrogen) atoms. The van der Waals surface area contributed by atoms with Crippen molar-refractivity contribution in [3.05, 3.63) is 23.0 Å². The zero-order valence-electron chi connectivity index (χ0n) is 7.63. The van der Waals surface area contributed by atoms with Crippen LogP contribution in [0.15, 0.2) is 6.08 Å². The summed E-state index contributed by atoms with van der Waals surface area (Å²) in [6.07, 6.45) is 3.95. The molecule has 0 unspecified atom stereocenters. The largest absolute Gasteiger partial charge is 0.272 e. The summed E-state index contributed by atoms with van der Waals surface area (Å²) in [6.45, 7) is 4.05. The Morgan fingerprint density at radius 3 is 2.58 bits per heavy atom. The highest BCUT2D eigenvalue weighted by Gasteiger charge is 2.04. The van der Waals surface area contributed by atoms with E-state index in [1.807, 2.05) is 37.7 Å². The van der Waals surface area contributed by atoms with Crippen molar-refractivity contribution in [2.24, 2.45) is 7.05 Å². The van der Waals surface area contributed by atoms with Crippen LogP contribution in [0.5, 0.6) is 0 Å². The molecule has 0 bridgehead atoms. The second-order valence-electron chi connectivity index (χ2n) is 2.76. The number of rotatable bonds is 2. The molecule has 0 saturated carbocycles. The third-order valence-electron chi connectivity index (χ3n) is 1.94. The van der Waals surface area contributed by atoms with Crippen LogP contribution in [0.1, 0.15) is 17.0 Å². The predicted octanol–water partition coefficient (Wildman–Crippen LogP) is 2.29. The molecular formula is C9H13ClN2. The Kier molecular flexibility index (Phi) is 2.93. The third-order valence-corrected chi connectivity index (χ3v) is 2.12. The maximum absolute atomic E-state index is 5.55. The van der Waals surface area contributed by atoms with Crippen molar-refractivity contribution in [3.8, 4) is 0 Å². The molecule has 0 fully saturated rings. The molecule has 66 valence electrons. The van der Waals surface area contributed by atoms with Crippen LogP contribution in [0.3, 0.4) is 0 Å². The van der Waals surface area contributed by atoms with Crippen molar-refractivity contribution in [2.45, 2.75) is 13.8 Å². The van der Waals surface area contributed by atoms with E-state index in [1.165, 1.54) is 11.3 Å². The van der Waals surface area contributed by atoms with Crippen LogP contribution in [-0.4, -0.2) is 15.7 Å². The maximum Gasteiger partial charge on any atom is 0.0668 e. The molecule has 0 amide bonds. The zero-order valence-corrected chi connectivity index (χ0v) is 8.39. The van der Waals surface area contributed by atoms with Crippen molar-refractivity contribution in [2.75, 3.05) is 5.88 Å². The van der Waals surface area contributed by atoms with Gasteiger partial charge in [-0.3, -0.25) is 4.68 Å². The number of nitrogens with zero attached hydrogens (tertiary/aromatic N) is 2. The van der Waals surface area contributed by atoms with E-state index in [9.17, 15) is 0 Å². The Labute approximate surface area is 77.8 Å². The van der Waals surface area contributed by atoms with Crippen molar-refractivity contribution < 1.29 is 0 Å². The maximum atomic E-state index is 5.55. The molecule has 2 nitrogen and oxygen atoms in total. The van der Waals surface area contributed by atoms with Gasteiger partial charge in [-0.2, -0.15) is 5.10 Å². The molecule has 0 atom stereocenters. The fourth-order valence-corrected chi connectivity index (χ4v) is 1.28. The standard InChI is InChI=1S/C9H13ClN2/c1-7-9(5-4-6-10)8(2)12(3)11-7/h4-5H,6H2,1-3H3. The van der Waals surface area contributed by atoms with Gasteiger partial charge in [0.05, 0.1) is 5.69 Å². The lowest BCUT2D eigenvalue weighted by molar-refractivity contribution is 0.731. The van der Waals surface area contributed by atoms with Crippen LogP contribution < -0.4 is 0 Å². The first-order valence-corrected chi connectivity index (χ1v) is 4.43. The van der Waals surface area contributed by atoms with Gasteiger partial charge in [0.1, 0.15) is 0 Å². The molecule has 3 heteroatoms. The van der Waals surface area contributed by atoms with Gasteiger partial charge in [-0.25, -0.2) is 0 Å². The first kappa shape index (κ1) is 9.33. The molecule has 1 rings (SSSR count). The predicted molar refractivity (Wildman–Crippen MR) is 52.4 cm³/mol. The fraction of sp³-hybridized carbons (Fsp3) is 0.444. The van der Waals surface area contributed by atoms with Crippen LogP contribution in [0.2, 0.25) is 0 Å². The molecular weight excluding hydrogens is 172 g/mol. The van der Waals surface area contributed by atoms with Crippen LogP contribution in [0, 0.1) is 13.8 Å². The summed E-state index contributed by atoms with van der Waals surface area (Å²) >= 11 is 5.55. The van der Waals surface area contributed by atoms with E-state index in [4.69, 9.17) is 11.6 Å². The first-order valence-electron chi connectivity index (χ1n) is 3.89. The highest BCUT2D eigenvalue weighted by molar-refractivity contribution is 6.19. The summed E-state index contributed by atoms with van der Waals surface area (Å²) in [5, 5.41) is 4.29. The lowest BCUT2D eigenvalue weighted by Gasteiger charge is -1.93.